The van der Waals surface area contributed by atoms with Gasteiger partial charge in [0.1, 0.15) is 6.61 Å². The Morgan fingerprint density at radius 2 is 1.04 bits per heavy atom. The number of allylic oxidation sites excluding steroid dienone is 10. The summed E-state index contributed by atoms with van der Waals surface area (Å²) in [4.78, 5) is 36.9. The predicted molar refractivity (Wildman–Crippen MR) is 234 cm³/mol. The maximum atomic E-state index is 12.7. The fourth-order valence-electron chi connectivity index (χ4n) is 6.22. The second-order valence-corrected chi connectivity index (χ2v) is 15.9. The van der Waals surface area contributed by atoms with Crippen LogP contribution in [0.15, 0.2) is 60.8 Å². The Bertz CT molecular complexity index is 1100. The zero-order chi connectivity index (χ0) is 41.4. The molecule has 2 unspecified atom stereocenters. The van der Waals surface area contributed by atoms with Crippen molar-refractivity contribution in [1.82, 2.24) is 0 Å². The molecular formula is C48H84NO7+. The topological polar surface area (TPSA) is 99.1 Å². The first-order chi connectivity index (χ1) is 27.1. The van der Waals surface area contributed by atoms with Crippen molar-refractivity contribution in [3.05, 3.63) is 60.8 Å². The van der Waals surface area contributed by atoms with Gasteiger partial charge in [0.25, 0.3) is 0 Å². The monoisotopic (exact) mass is 787 g/mol. The van der Waals surface area contributed by atoms with E-state index in [-0.39, 0.29) is 42.7 Å². The molecule has 0 heterocycles. The van der Waals surface area contributed by atoms with E-state index < -0.39 is 18.1 Å². The molecule has 0 aromatic carbocycles. The summed E-state index contributed by atoms with van der Waals surface area (Å²) in [5.74, 6) is -1.58. The molecule has 0 rings (SSSR count). The molecule has 0 spiro atoms. The molecule has 56 heavy (non-hydrogen) atoms. The van der Waals surface area contributed by atoms with E-state index in [1.54, 1.807) is 0 Å². The van der Waals surface area contributed by atoms with Gasteiger partial charge in [-0.3, -0.25) is 9.59 Å². The molecule has 322 valence electrons. The molecule has 2 atom stereocenters. The molecule has 0 bridgehead atoms. The summed E-state index contributed by atoms with van der Waals surface area (Å²) in [6, 6.07) is -0.628. The highest BCUT2D eigenvalue weighted by atomic mass is 16.6. The number of carbonyl (C=O) groups is 3. The third-order valence-corrected chi connectivity index (χ3v) is 9.66. The van der Waals surface area contributed by atoms with Crippen molar-refractivity contribution < 1.29 is 38.2 Å². The maximum absolute atomic E-state index is 12.7. The molecule has 1 N–H and O–H groups in total. The molecule has 0 aliphatic heterocycles. The molecule has 0 aliphatic carbocycles. The van der Waals surface area contributed by atoms with Gasteiger partial charge in [0, 0.05) is 19.3 Å². The van der Waals surface area contributed by atoms with Gasteiger partial charge in [0.2, 0.25) is 0 Å². The van der Waals surface area contributed by atoms with Crippen LogP contribution in [0, 0.1) is 0 Å². The van der Waals surface area contributed by atoms with Gasteiger partial charge in [-0.2, -0.15) is 0 Å². The fraction of sp³-hybridized carbons (Fsp3) is 0.729. The van der Waals surface area contributed by atoms with Crippen molar-refractivity contribution in [3.63, 3.8) is 0 Å². The van der Waals surface area contributed by atoms with E-state index in [1.165, 1.54) is 89.9 Å². The van der Waals surface area contributed by atoms with Gasteiger partial charge in [-0.25, -0.2) is 4.79 Å². The number of aliphatic carboxylic acids is 1. The molecule has 0 fully saturated rings. The van der Waals surface area contributed by atoms with Crippen molar-refractivity contribution in [2.45, 2.75) is 187 Å². The zero-order valence-electron chi connectivity index (χ0n) is 36.6. The third-order valence-electron chi connectivity index (χ3n) is 9.66. The van der Waals surface area contributed by atoms with Gasteiger partial charge >= 0.3 is 17.9 Å². The SMILES string of the molecule is CC/C=C\C/C=C\C/C=C\C/C=C\CCC(=O)OC(COCCC(C(=O)O)[N+](C)(C)C)COC(=O)CCCCCCCCCCC/C=C\CCCCCCCC. The number of nitrogens with zero attached hydrogens (tertiary/aromatic N) is 1. The normalized spacial score (nSPS) is 13.5. The van der Waals surface area contributed by atoms with Crippen LogP contribution in [0.5, 0.6) is 0 Å². The Morgan fingerprint density at radius 3 is 1.55 bits per heavy atom. The van der Waals surface area contributed by atoms with Crippen molar-refractivity contribution in [3.8, 4) is 0 Å². The second kappa shape index (κ2) is 38.9. The minimum Gasteiger partial charge on any atom is -0.477 e. The summed E-state index contributed by atoms with van der Waals surface area (Å²) in [5, 5.41) is 9.61. The van der Waals surface area contributed by atoms with Crippen LogP contribution in [0.2, 0.25) is 0 Å². The van der Waals surface area contributed by atoms with Crippen LogP contribution >= 0.6 is 0 Å². The number of unbranched alkanes of at least 4 members (excludes halogenated alkanes) is 15. The smallest absolute Gasteiger partial charge is 0.362 e. The number of esters is 2. The Kier molecular flexibility index (Phi) is 36.8. The highest BCUT2D eigenvalue weighted by Crippen LogP contribution is 2.14. The van der Waals surface area contributed by atoms with Crippen molar-refractivity contribution in [1.29, 1.82) is 0 Å². The average molecular weight is 787 g/mol. The summed E-state index contributed by atoms with van der Waals surface area (Å²) in [6.07, 6.45) is 47.1. The molecule has 8 heteroatoms. The van der Waals surface area contributed by atoms with Gasteiger partial charge < -0.3 is 23.8 Å². The molecule has 0 saturated heterocycles. The first kappa shape index (κ1) is 53.0. The Labute approximate surface area is 343 Å². The van der Waals surface area contributed by atoms with E-state index in [9.17, 15) is 19.5 Å². The van der Waals surface area contributed by atoms with Crippen molar-refractivity contribution in [2.24, 2.45) is 0 Å². The number of hydrogen-bond donors (Lipinski definition) is 1. The molecular weight excluding hydrogens is 703 g/mol. The molecule has 0 aromatic heterocycles. The van der Waals surface area contributed by atoms with E-state index in [4.69, 9.17) is 14.2 Å². The highest BCUT2D eigenvalue weighted by Gasteiger charge is 2.31. The molecule has 0 amide bonds. The zero-order valence-corrected chi connectivity index (χ0v) is 36.6. The third kappa shape index (κ3) is 36.7. The largest absolute Gasteiger partial charge is 0.477 e. The number of carbonyl (C=O) groups excluding carboxylic acids is 2. The number of ether oxygens (including phenoxy) is 3. The van der Waals surface area contributed by atoms with Crippen molar-refractivity contribution >= 4 is 17.9 Å². The molecule has 0 aromatic rings. The standard InChI is InChI=1S/C48H83NO7/c1-6-8-10-12-14-16-18-20-21-22-23-24-25-27-28-30-32-34-36-38-46(50)55-43-44(42-54-41-40-45(48(52)53)49(3,4)5)56-47(51)39-37-35-33-31-29-26-19-17-15-13-11-9-7-2/h9,11,15,17,20-21,26,29,33,35,44-45H,6-8,10,12-14,16,18-19,22-25,27-28,30-32,34,36-43H2,1-5H3/p+1/b11-9-,17-15-,21-20-,29-26-,35-33-. The summed E-state index contributed by atoms with van der Waals surface area (Å²) in [7, 11) is 5.50. The highest BCUT2D eigenvalue weighted by molar-refractivity contribution is 5.72. The van der Waals surface area contributed by atoms with Crippen LogP contribution in [0.25, 0.3) is 0 Å². The van der Waals surface area contributed by atoms with Crippen molar-refractivity contribution in [2.75, 3.05) is 41.0 Å². The van der Waals surface area contributed by atoms with Crippen LogP contribution in [-0.4, -0.2) is 80.6 Å². The Morgan fingerprint density at radius 1 is 0.554 bits per heavy atom. The number of carboxylic acid groups (broad SMARTS) is 1. The molecule has 0 radical (unpaired) electrons. The first-order valence-electron chi connectivity index (χ1n) is 22.3. The quantitative estimate of drug-likeness (QED) is 0.0287. The summed E-state index contributed by atoms with van der Waals surface area (Å²) in [5.41, 5.74) is 0. The summed E-state index contributed by atoms with van der Waals surface area (Å²) < 4.78 is 17.2. The lowest BCUT2D eigenvalue weighted by atomic mass is 10.1. The van der Waals surface area contributed by atoms with E-state index in [0.717, 1.165) is 44.9 Å². The van der Waals surface area contributed by atoms with E-state index in [0.29, 0.717) is 19.3 Å². The maximum Gasteiger partial charge on any atom is 0.362 e. The van der Waals surface area contributed by atoms with Crippen LogP contribution in [0.4, 0.5) is 0 Å². The molecule has 8 nitrogen and oxygen atoms in total. The number of likely N-dealkylation sites (N-methyl/N-ethyl adjacent to an activating group) is 1. The molecule has 0 saturated carbocycles. The lowest BCUT2D eigenvalue weighted by molar-refractivity contribution is -0.887. The van der Waals surface area contributed by atoms with Gasteiger partial charge in [-0.1, -0.05) is 152 Å². The van der Waals surface area contributed by atoms with Crippen LogP contribution in [-0.2, 0) is 28.6 Å². The second-order valence-electron chi connectivity index (χ2n) is 15.9. The lowest BCUT2D eigenvalue weighted by Crippen LogP contribution is -2.50. The van der Waals surface area contributed by atoms with E-state index in [2.05, 4.69) is 62.5 Å². The van der Waals surface area contributed by atoms with Crippen LogP contribution in [0.1, 0.15) is 174 Å². The first-order valence-corrected chi connectivity index (χ1v) is 22.3. The molecule has 0 aliphatic rings. The Balaban J connectivity index is 4.37. The number of quaternary nitrogens is 1. The fourth-order valence-corrected chi connectivity index (χ4v) is 6.22. The summed E-state index contributed by atoms with van der Waals surface area (Å²) in [6.45, 7) is 4.53. The van der Waals surface area contributed by atoms with Crippen LogP contribution in [0.3, 0.4) is 0 Å². The van der Waals surface area contributed by atoms with E-state index in [1.807, 2.05) is 33.3 Å². The average Bonchev–Trinajstić information content (AvgIpc) is 3.15. The minimum atomic E-state index is -0.887. The van der Waals surface area contributed by atoms with Gasteiger partial charge in [-0.15, -0.1) is 0 Å². The van der Waals surface area contributed by atoms with E-state index >= 15 is 0 Å². The van der Waals surface area contributed by atoms with Crippen LogP contribution < -0.4 is 0 Å². The number of carboxylic acids is 1. The Hall–Kier alpha value is -2.97. The van der Waals surface area contributed by atoms with Gasteiger partial charge in [0.15, 0.2) is 12.1 Å². The number of hydrogen-bond acceptors (Lipinski definition) is 6. The predicted octanol–water partition coefficient (Wildman–Crippen LogP) is 12.2. The van der Waals surface area contributed by atoms with Gasteiger partial charge in [-0.05, 0) is 64.2 Å². The minimum absolute atomic E-state index is 0.0302. The van der Waals surface area contributed by atoms with Gasteiger partial charge in [0.05, 0.1) is 34.4 Å². The summed E-state index contributed by atoms with van der Waals surface area (Å²) >= 11 is 0. The lowest BCUT2D eigenvalue weighted by Gasteiger charge is -2.31. The number of rotatable bonds is 39.